The van der Waals surface area contributed by atoms with E-state index < -0.39 is 0 Å². The van der Waals surface area contributed by atoms with Crippen molar-refractivity contribution in [1.29, 1.82) is 0 Å². The average Bonchev–Trinajstić information content (AvgIpc) is 3.07. The zero-order chi connectivity index (χ0) is 12.3. The molecular formula is C15H30N2. The Morgan fingerprint density at radius 1 is 1.18 bits per heavy atom. The molecule has 0 saturated heterocycles. The van der Waals surface area contributed by atoms with Crippen LogP contribution in [0.5, 0.6) is 0 Å². The predicted molar refractivity (Wildman–Crippen MR) is 73.9 cm³/mol. The fourth-order valence-electron chi connectivity index (χ4n) is 3.80. The summed E-state index contributed by atoms with van der Waals surface area (Å²) in [6.07, 6.45) is 9.67. The highest BCUT2D eigenvalue weighted by Crippen LogP contribution is 2.36. The highest BCUT2D eigenvalue weighted by atomic mass is 15.0. The summed E-state index contributed by atoms with van der Waals surface area (Å²) >= 11 is 0. The number of rotatable bonds is 6. The summed E-state index contributed by atoms with van der Waals surface area (Å²) < 4.78 is 0. The second-order valence-electron chi connectivity index (χ2n) is 6.85. The van der Waals surface area contributed by atoms with Crippen molar-refractivity contribution in [3.05, 3.63) is 0 Å². The van der Waals surface area contributed by atoms with Crippen LogP contribution in [0, 0.1) is 17.8 Å². The molecule has 17 heavy (non-hydrogen) atoms. The first-order valence-electron chi connectivity index (χ1n) is 7.58. The molecule has 0 aromatic rings. The third kappa shape index (κ3) is 3.96. The van der Waals surface area contributed by atoms with Gasteiger partial charge in [0.05, 0.1) is 0 Å². The molecule has 2 aliphatic carbocycles. The molecule has 2 unspecified atom stereocenters. The Balaban J connectivity index is 1.75. The van der Waals surface area contributed by atoms with E-state index in [2.05, 4.69) is 19.2 Å². The lowest BCUT2D eigenvalue weighted by atomic mass is 9.71. The van der Waals surface area contributed by atoms with Gasteiger partial charge >= 0.3 is 0 Å². The van der Waals surface area contributed by atoms with Crippen LogP contribution < -0.4 is 11.1 Å². The fourth-order valence-corrected chi connectivity index (χ4v) is 3.80. The molecule has 0 spiro atoms. The maximum atomic E-state index is 6.05. The average molecular weight is 238 g/mol. The Morgan fingerprint density at radius 3 is 2.35 bits per heavy atom. The quantitative estimate of drug-likeness (QED) is 0.698. The first-order valence-corrected chi connectivity index (χ1v) is 7.58. The third-order valence-corrected chi connectivity index (χ3v) is 4.66. The van der Waals surface area contributed by atoms with Crippen molar-refractivity contribution < 1.29 is 0 Å². The van der Waals surface area contributed by atoms with E-state index in [9.17, 15) is 0 Å². The van der Waals surface area contributed by atoms with E-state index in [0.29, 0.717) is 0 Å². The Morgan fingerprint density at radius 2 is 1.82 bits per heavy atom. The van der Waals surface area contributed by atoms with Crippen molar-refractivity contribution in [2.45, 2.75) is 64.3 Å². The molecule has 0 radical (unpaired) electrons. The van der Waals surface area contributed by atoms with Gasteiger partial charge in [0, 0.05) is 12.1 Å². The molecular weight excluding hydrogens is 208 g/mol. The van der Waals surface area contributed by atoms with Gasteiger partial charge in [0.15, 0.2) is 0 Å². The van der Waals surface area contributed by atoms with Gasteiger partial charge in [-0.25, -0.2) is 0 Å². The molecule has 2 heteroatoms. The molecule has 2 fully saturated rings. The molecule has 0 aliphatic heterocycles. The van der Waals surface area contributed by atoms with E-state index in [1.165, 1.54) is 51.5 Å². The molecule has 2 nitrogen and oxygen atoms in total. The fraction of sp³-hybridized carbons (Fsp3) is 1.00. The zero-order valence-corrected chi connectivity index (χ0v) is 11.7. The Hall–Kier alpha value is -0.0800. The Kier molecular flexibility index (Phi) is 4.48. The lowest BCUT2D eigenvalue weighted by Gasteiger charge is -2.43. The van der Waals surface area contributed by atoms with Crippen LogP contribution in [0.1, 0.15) is 58.8 Å². The first kappa shape index (κ1) is 13.4. The summed E-state index contributed by atoms with van der Waals surface area (Å²) in [6, 6.07) is 0. The zero-order valence-electron chi connectivity index (χ0n) is 11.7. The second kappa shape index (κ2) is 5.71. The van der Waals surface area contributed by atoms with Crippen molar-refractivity contribution in [2.75, 3.05) is 13.1 Å². The Bertz CT molecular complexity index is 225. The van der Waals surface area contributed by atoms with E-state index in [-0.39, 0.29) is 5.54 Å². The summed E-state index contributed by atoms with van der Waals surface area (Å²) in [5, 5.41) is 3.80. The minimum absolute atomic E-state index is 0.251. The van der Waals surface area contributed by atoms with E-state index in [1.807, 2.05) is 0 Å². The molecule has 0 heterocycles. The van der Waals surface area contributed by atoms with Crippen molar-refractivity contribution in [1.82, 2.24) is 5.32 Å². The molecule has 100 valence electrons. The van der Waals surface area contributed by atoms with E-state index in [4.69, 9.17) is 5.73 Å². The second-order valence-corrected chi connectivity index (χ2v) is 6.85. The van der Waals surface area contributed by atoms with Crippen LogP contribution in [-0.4, -0.2) is 18.6 Å². The summed E-state index contributed by atoms with van der Waals surface area (Å²) in [7, 11) is 0. The van der Waals surface area contributed by atoms with Gasteiger partial charge in [-0.15, -0.1) is 0 Å². The van der Waals surface area contributed by atoms with Crippen LogP contribution in [0.25, 0.3) is 0 Å². The normalized spacial score (nSPS) is 38.3. The van der Waals surface area contributed by atoms with Crippen molar-refractivity contribution >= 4 is 0 Å². The minimum atomic E-state index is 0.251. The van der Waals surface area contributed by atoms with Gasteiger partial charge in [-0.1, -0.05) is 26.7 Å². The standard InChI is InChI=1S/C15H30N2/c1-12-8-13(2)10-15(9-12,11-16)17-7-3-4-14-5-6-14/h12-14,17H,3-11,16H2,1-2H3. The van der Waals surface area contributed by atoms with Crippen LogP contribution in [0.15, 0.2) is 0 Å². The number of nitrogens with one attached hydrogen (secondary N) is 1. The van der Waals surface area contributed by atoms with Crippen LogP contribution in [0.4, 0.5) is 0 Å². The topological polar surface area (TPSA) is 38.0 Å². The Labute approximate surface area is 107 Å². The molecule has 3 N–H and O–H groups in total. The van der Waals surface area contributed by atoms with Gasteiger partial charge in [0.1, 0.15) is 0 Å². The van der Waals surface area contributed by atoms with Gasteiger partial charge in [0.2, 0.25) is 0 Å². The summed E-state index contributed by atoms with van der Waals surface area (Å²) in [4.78, 5) is 0. The molecule has 2 atom stereocenters. The van der Waals surface area contributed by atoms with E-state index >= 15 is 0 Å². The maximum absolute atomic E-state index is 6.05. The molecule has 0 aromatic heterocycles. The van der Waals surface area contributed by atoms with Crippen LogP contribution in [0.3, 0.4) is 0 Å². The SMILES string of the molecule is CC1CC(C)CC(CN)(NCCCC2CC2)C1. The molecule has 2 aliphatic rings. The van der Waals surface area contributed by atoms with E-state index in [1.54, 1.807) is 0 Å². The molecule has 2 saturated carbocycles. The van der Waals surface area contributed by atoms with Gasteiger partial charge in [0.25, 0.3) is 0 Å². The predicted octanol–water partition coefficient (Wildman–Crippen LogP) is 2.92. The van der Waals surface area contributed by atoms with Gasteiger partial charge in [-0.05, 0) is 56.4 Å². The van der Waals surface area contributed by atoms with Gasteiger partial charge in [-0.3, -0.25) is 0 Å². The monoisotopic (exact) mass is 238 g/mol. The summed E-state index contributed by atoms with van der Waals surface area (Å²) in [5.41, 5.74) is 6.31. The largest absolute Gasteiger partial charge is 0.329 e. The number of hydrogen-bond donors (Lipinski definition) is 2. The lowest BCUT2D eigenvalue weighted by molar-refractivity contribution is 0.149. The molecule has 0 amide bonds. The summed E-state index contributed by atoms with van der Waals surface area (Å²) in [6.45, 7) is 6.75. The van der Waals surface area contributed by atoms with Gasteiger partial charge < -0.3 is 11.1 Å². The van der Waals surface area contributed by atoms with Crippen molar-refractivity contribution in [3.63, 3.8) is 0 Å². The first-order chi connectivity index (χ1) is 8.13. The highest BCUT2D eigenvalue weighted by Gasteiger charge is 2.36. The third-order valence-electron chi connectivity index (χ3n) is 4.66. The highest BCUT2D eigenvalue weighted by molar-refractivity contribution is 4.95. The van der Waals surface area contributed by atoms with Crippen LogP contribution in [-0.2, 0) is 0 Å². The smallest absolute Gasteiger partial charge is 0.0309 e. The minimum Gasteiger partial charge on any atom is -0.329 e. The lowest BCUT2D eigenvalue weighted by Crippen LogP contribution is -2.55. The van der Waals surface area contributed by atoms with Crippen LogP contribution in [0.2, 0.25) is 0 Å². The van der Waals surface area contributed by atoms with Crippen molar-refractivity contribution in [2.24, 2.45) is 23.5 Å². The van der Waals surface area contributed by atoms with Crippen LogP contribution >= 0.6 is 0 Å². The number of nitrogens with two attached hydrogens (primary N) is 1. The summed E-state index contributed by atoms with van der Waals surface area (Å²) in [5.74, 6) is 2.73. The molecule has 2 rings (SSSR count). The number of hydrogen-bond acceptors (Lipinski definition) is 2. The van der Waals surface area contributed by atoms with Crippen molar-refractivity contribution in [3.8, 4) is 0 Å². The molecule has 0 bridgehead atoms. The van der Waals surface area contributed by atoms with Gasteiger partial charge in [-0.2, -0.15) is 0 Å². The molecule has 0 aromatic carbocycles. The van der Waals surface area contributed by atoms with E-state index in [0.717, 1.165) is 24.3 Å². The maximum Gasteiger partial charge on any atom is 0.0309 e.